The van der Waals surface area contributed by atoms with Gasteiger partial charge in [-0.2, -0.15) is 0 Å². The van der Waals surface area contributed by atoms with Gasteiger partial charge in [-0.05, 0) is 72.0 Å². The fourth-order valence-corrected chi connectivity index (χ4v) is 6.92. The van der Waals surface area contributed by atoms with E-state index >= 15 is 0 Å². The highest BCUT2D eigenvalue weighted by molar-refractivity contribution is 6.31. The molecule has 2 heterocycles. The number of fused-ring (bicyclic) bond motifs is 3. The van der Waals surface area contributed by atoms with Crippen LogP contribution in [0.25, 0.3) is 11.1 Å². The maximum Gasteiger partial charge on any atom is 0.338 e. The average molecular weight is 708 g/mol. The van der Waals surface area contributed by atoms with Gasteiger partial charge in [-0.25, -0.2) is 19.0 Å². The molecule has 1 aliphatic carbocycles. The van der Waals surface area contributed by atoms with E-state index in [1.54, 1.807) is 49.6 Å². The van der Waals surface area contributed by atoms with Crippen molar-refractivity contribution >= 4 is 40.7 Å². The molecular weight excluding hydrogens is 673 g/mol. The van der Waals surface area contributed by atoms with Gasteiger partial charge in [0.25, 0.3) is 0 Å². The van der Waals surface area contributed by atoms with E-state index in [1.807, 2.05) is 31.2 Å². The lowest BCUT2D eigenvalue weighted by molar-refractivity contribution is -0.140. The second-order valence-electron chi connectivity index (χ2n) is 12.3. The van der Waals surface area contributed by atoms with Crippen LogP contribution in [0.1, 0.15) is 63.6 Å². The molecule has 0 saturated heterocycles. The average Bonchev–Trinajstić information content (AvgIpc) is 3.41. The Balaban J connectivity index is 1.07. The molecule has 2 atom stereocenters. The standard InChI is InChI=1S/C39H35ClFN5O5/c1-3-27-35(31-11-9-25(41)19-33(31)40)34(22(2)45-36(27)23-12-14-44-15-13-23)39(49)50-17-16-46(43)20-26(42)21-51-38(48)24-8-10-29-28-6-4-5-7-30(28)37(47)32(29)18-24/h4-15,18-19,27,35,42H,3,16-17,20-21,43H2,1-2H3. The van der Waals surface area contributed by atoms with E-state index in [9.17, 15) is 18.8 Å². The van der Waals surface area contributed by atoms with Gasteiger partial charge in [0.1, 0.15) is 19.0 Å². The van der Waals surface area contributed by atoms with E-state index in [0.29, 0.717) is 34.4 Å². The number of hydrazine groups is 1. The highest BCUT2D eigenvalue weighted by Gasteiger charge is 2.39. The monoisotopic (exact) mass is 707 g/mol. The highest BCUT2D eigenvalue weighted by Crippen LogP contribution is 2.44. The van der Waals surface area contributed by atoms with Crippen molar-refractivity contribution in [3.05, 3.63) is 135 Å². The summed E-state index contributed by atoms with van der Waals surface area (Å²) in [5.41, 5.74) is 5.79. The van der Waals surface area contributed by atoms with Crippen molar-refractivity contribution in [3.63, 3.8) is 0 Å². The lowest BCUT2D eigenvalue weighted by atomic mass is 9.73. The molecule has 2 aliphatic rings. The number of carbonyl (C=O) groups is 3. The largest absolute Gasteiger partial charge is 0.461 e. The Bertz CT molecular complexity index is 2100. The molecule has 1 aromatic heterocycles. The van der Waals surface area contributed by atoms with Gasteiger partial charge < -0.3 is 14.9 Å². The molecule has 0 spiro atoms. The normalized spacial score (nSPS) is 16.4. The van der Waals surface area contributed by atoms with Gasteiger partial charge in [0.15, 0.2) is 5.78 Å². The predicted octanol–water partition coefficient (Wildman–Crippen LogP) is 6.57. The topological polar surface area (TPSA) is 148 Å². The third kappa shape index (κ3) is 7.41. The molecule has 0 saturated carbocycles. The van der Waals surface area contributed by atoms with Gasteiger partial charge in [-0.1, -0.05) is 54.9 Å². The zero-order valence-corrected chi connectivity index (χ0v) is 28.7. The van der Waals surface area contributed by atoms with Crippen molar-refractivity contribution < 1.29 is 28.2 Å². The van der Waals surface area contributed by atoms with Gasteiger partial charge in [0, 0.05) is 52.6 Å². The minimum atomic E-state index is -0.670. The molecule has 3 N–H and O–H groups in total. The lowest BCUT2D eigenvalue weighted by Gasteiger charge is -2.34. The van der Waals surface area contributed by atoms with Crippen molar-refractivity contribution in [3.8, 4) is 11.1 Å². The van der Waals surface area contributed by atoms with Crippen LogP contribution in [-0.4, -0.2) is 65.4 Å². The summed E-state index contributed by atoms with van der Waals surface area (Å²) in [6, 6.07) is 19.9. The van der Waals surface area contributed by atoms with Crippen molar-refractivity contribution in [1.29, 1.82) is 5.41 Å². The molecule has 2 unspecified atom stereocenters. The number of aliphatic imine (C=N–C) groups is 1. The Hall–Kier alpha value is -5.36. The summed E-state index contributed by atoms with van der Waals surface area (Å²) >= 11 is 6.56. The number of rotatable bonds is 12. The van der Waals surface area contributed by atoms with Crippen LogP contribution in [-0.2, 0) is 14.3 Å². The number of nitrogens with zero attached hydrogens (tertiary/aromatic N) is 3. The van der Waals surface area contributed by atoms with Gasteiger partial charge in [0.2, 0.25) is 0 Å². The number of ketones is 1. The van der Waals surface area contributed by atoms with E-state index in [-0.39, 0.29) is 54.3 Å². The van der Waals surface area contributed by atoms with E-state index in [4.69, 9.17) is 37.3 Å². The summed E-state index contributed by atoms with van der Waals surface area (Å²) < 4.78 is 25.1. The molecule has 0 bridgehead atoms. The third-order valence-electron chi connectivity index (χ3n) is 9.02. The van der Waals surface area contributed by atoms with Gasteiger partial charge in [-0.15, -0.1) is 0 Å². The Morgan fingerprint density at radius 2 is 1.69 bits per heavy atom. The minimum absolute atomic E-state index is 0.0161. The summed E-state index contributed by atoms with van der Waals surface area (Å²) in [5.74, 6) is 3.35. The number of allylic oxidation sites excluding steroid dienone is 1. The van der Waals surface area contributed by atoms with Crippen molar-refractivity contribution in [2.75, 3.05) is 26.3 Å². The van der Waals surface area contributed by atoms with Crippen LogP contribution in [0.5, 0.6) is 0 Å². The molecule has 1 aliphatic heterocycles. The number of halogens is 2. The molecule has 0 fully saturated rings. The SMILES string of the molecule is CCC1C(c2ccncc2)=NC(C)=C(C(=O)OCCN(N)CC(=N)COC(=O)c2ccc3c(c2)C(=O)c2ccccc2-3)C1c1ccc(F)cc1Cl. The Morgan fingerprint density at radius 3 is 2.41 bits per heavy atom. The van der Waals surface area contributed by atoms with Crippen molar-refractivity contribution in [2.45, 2.75) is 26.2 Å². The van der Waals surface area contributed by atoms with Crippen LogP contribution in [0.15, 0.2) is 101 Å². The number of pyridine rings is 1. The first kappa shape index (κ1) is 35.5. The maximum absolute atomic E-state index is 14.1. The van der Waals surface area contributed by atoms with Crippen LogP contribution >= 0.6 is 11.6 Å². The Morgan fingerprint density at radius 1 is 0.961 bits per heavy atom. The number of benzene rings is 3. The van der Waals surface area contributed by atoms with Gasteiger partial charge in [0.05, 0.1) is 29.1 Å². The first-order valence-electron chi connectivity index (χ1n) is 16.4. The third-order valence-corrected chi connectivity index (χ3v) is 9.35. The first-order chi connectivity index (χ1) is 24.6. The molecule has 10 nitrogen and oxygen atoms in total. The minimum Gasteiger partial charge on any atom is -0.461 e. The maximum atomic E-state index is 14.1. The molecule has 6 rings (SSSR count). The fraction of sp³-hybridized carbons (Fsp3) is 0.231. The zero-order valence-electron chi connectivity index (χ0n) is 28.0. The number of carbonyl (C=O) groups excluding carboxylic acids is 3. The quantitative estimate of drug-likeness (QED) is 0.0641. The molecule has 12 heteroatoms. The predicted molar refractivity (Wildman–Crippen MR) is 191 cm³/mol. The van der Waals surface area contributed by atoms with E-state index in [2.05, 4.69) is 4.98 Å². The van der Waals surface area contributed by atoms with E-state index < -0.39 is 23.7 Å². The van der Waals surface area contributed by atoms with Crippen LogP contribution in [0, 0.1) is 17.1 Å². The summed E-state index contributed by atoms with van der Waals surface area (Å²) in [5, 5.41) is 9.76. The molecule has 4 aromatic rings. The zero-order chi connectivity index (χ0) is 36.2. The number of esters is 2. The molecule has 0 amide bonds. The molecular formula is C39H35ClFN5O5. The Kier molecular flexibility index (Phi) is 10.6. The number of ether oxygens (including phenoxy) is 2. The molecule has 51 heavy (non-hydrogen) atoms. The number of hydrogen-bond donors (Lipinski definition) is 2. The fourth-order valence-electron chi connectivity index (χ4n) is 6.63. The van der Waals surface area contributed by atoms with Crippen LogP contribution < -0.4 is 5.84 Å². The lowest BCUT2D eigenvalue weighted by Crippen LogP contribution is -2.40. The van der Waals surface area contributed by atoms with Crippen LogP contribution in [0.3, 0.4) is 0 Å². The smallest absolute Gasteiger partial charge is 0.338 e. The summed E-state index contributed by atoms with van der Waals surface area (Å²) in [6.07, 6.45) is 3.95. The Labute approximate surface area is 299 Å². The number of hydrogen-bond acceptors (Lipinski definition) is 10. The van der Waals surface area contributed by atoms with Gasteiger partial charge in [-0.3, -0.25) is 20.6 Å². The molecule has 0 radical (unpaired) electrons. The molecule has 260 valence electrons. The van der Waals surface area contributed by atoms with Crippen molar-refractivity contribution in [1.82, 2.24) is 9.99 Å². The van der Waals surface area contributed by atoms with Crippen LogP contribution in [0.4, 0.5) is 4.39 Å². The van der Waals surface area contributed by atoms with E-state index in [0.717, 1.165) is 22.4 Å². The number of nitrogens with one attached hydrogen (secondary N) is 1. The second-order valence-corrected chi connectivity index (χ2v) is 12.7. The highest BCUT2D eigenvalue weighted by atomic mass is 35.5. The van der Waals surface area contributed by atoms with Gasteiger partial charge >= 0.3 is 11.9 Å². The summed E-state index contributed by atoms with van der Waals surface area (Å²) in [6.45, 7) is 3.31. The summed E-state index contributed by atoms with van der Waals surface area (Å²) in [4.78, 5) is 48.2. The summed E-state index contributed by atoms with van der Waals surface area (Å²) in [7, 11) is 0. The van der Waals surface area contributed by atoms with Crippen LogP contribution in [0.2, 0.25) is 5.02 Å². The number of nitrogens with two attached hydrogens (primary N) is 1. The number of aromatic nitrogens is 1. The molecule has 3 aromatic carbocycles. The van der Waals surface area contributed by atoms with E-state index in [1.165, 1.54) is 23.2 Å². The first-order valence-corrected chi connectivity index (χ1v) is 16.8. The second kappa shape index (κ2) is 15.3. The van der Waals surface area contributed by atoms with Crippen molar-refractivity contribution in [2.24, 2.45) is 16.8 Å².